The molecule has 1 rings (SSSR count). The van der Waals surface area contributed by atoms with Gasteiger partial charge in [0.2, 0.25) is 0 Å². The van der Waals surface area contributed by atoms with E-state index in [0.717, 1.165) is 5.01 Å². The third-order valence-electron chi connectivity index (χ3n) is 1.13. The molecule has 1 unspecified atom stereocenters. The number of halogens is 3. The number of hydrogen-bond acceptors (Lipinski definition) is 2. The molecule has 0 N–H and O–H groups in total. The molecule has 2 radical (unpaired) electrons. The van der Waals surface area contributed by atoms with Crippen LogP contribution >= 0.6 is 0 Å². The van der Waals surface area contributed by atoms with Crippen LogP contribution in [0.25, 0.3) is 0 Å². The van der Waals surface area contributed by atoms with Gasteiger partial charge in [0.25, 0.3) is 0 Å². The molecule has 5 heteroatoms. The van der Waals surface area contributed by atoms with Gasteiger partial charge < -0.3 is 0 Å². The molecular weight excluding hydrogens is 157 g/mol. The second-order valence-electron chi connectivity index (χ2n) is 2.38. The van der Waals surface area contributed by atoms with E-state index in [4.69, 9.17) is 0 Å². The number of alkyl halides is 3. The van der Waals surface area contributed by atoms with Crippen LogP contribution in [0.1, 0.15) is 6.92 Å². The molecule has 62 valence electrons. The summed E-state index contributed by atoms with van der Waals surface area (Å²) in [6.07, 6.45) is -1.70. The van der Waals surface area contributed by atoms with E-state index in [1.165, 1.54) is 6.54 Å². The molecule has 0 amide bonds. The Kier molecular flexibility index (Phi) is 2.06. The first-order valence-corrected chi connectivity index (χ1v) is 3.12. The van der Waals surface area contributed by atoms with Crippen LogP contribution in [0.15, 0.2) is 5.10 Å². The van der Waals surface area contributed by atoms with Gasteiger partial charge in [0.15, 0.2) is 0 Å². The second kappa shape index (κ2) is 2.71. The quantitative estimate of drug-likeness (QED) is 0.573. The van der Waals surface area contributed by atoms with Crippen molar-refractivity contribution in [2.45, 2.75) is 13.1 Å². The maximum absolute atomic E-state index is 11.7. The van der Waals surface area contributed by atoms with Gasteiger partial charge in [-0.1, -0.05) is 6.92 Å². The van der Waals surface area contributed by atoms with Crippen molar-refractivity contribution in [1.29, 1.82) is 0 Å². The Morgan fingerprint density at radius 2 is 2.27 bits per heavy atom. The highest BCUT2D eigenvalue weighted by molar-refractivity contribution is 5.63. The standard InChI is InChI=1S/C6H7F3N2/c1-5-2-10-11(3-5)4-6(7,8)9/h3,5H,4H2,1H3. The third kappa shape index (κ3) is 2.78. The molecule has 0 aromatic rings. The van der Waals surface area contributed by atoms with Gasteiger partial charge in [0, 0.05) is 5.92 Å². The van der Waals surface area contributed by atoms with Crippen molar-refractivity contribution in [1.82, 2.24) is 5.01 Å². The summed E-state index contributed by atoms with van der Waals surface area (Å²) >= 11 is 0. The van der Waals surface area contributed by atoms with E-state index in [0.29, 0.717) is 0 Å². The molecule has 0 saturated heterocycles. The summed E-state index contributed by atoms with van der Waals surface area (Å²) in [5.74, 6) is -0.114. The topological polar surface area (TPSA) is 15.6 Å². The second-order valence-corrected chi connectivity index (χ2v) is 2.38. The molecule has 0 spiro atoms. The summed E-state index contributed by atoms with van der Waals surface area (Å²) < 4.78 is 35.1. The molecule has 11 heavy (non-hydrogen) atoms. The predicted molar refractivity (Wildman–Crippen MR) is 33.7 cm³/mol. The van der Waals surface area contributed by atoms with Crippen LogP contribution in [-0.4, -0.2) is 23.9 Å². The molecule has 0 aliphatic carbocycles. The zero-order valence-electron chi connectivity index (χ0n) is 5.89. The molecule has 1 aliphatic rings. The Morgan fingerprint density at radius 1 is 1.64 bits per heavy atom. The van der Waals surface area contributed by atoms with Crippen LogP contribution in [0.4, 0.5) is 13.2 Å². The lowest BCUT2D eigenvalue weighted by atomic mass is 10.2. The summed E-state index contributed by atoms with van der Waals surface area (Å²) in [4.78, 5) is 0. The molecule has 2 nitrogen and oxygen atoms in total. The van der Waals surface area contributed by atoms with Crippen molar-refractivity contribution in [2.24, 2.45) is 11.0 Å². The number of nitrogens with zero attached hydrogens (tertiary/aromatic N) is 2. The monoisotopic (exact) mass is 164 g/mol. The van der Waals surface area contributed by atoms with Crippen molar-refractivity contribution in [3.63, 3.8) is 0 Å². The largest absolute Gasteiger partial charge is 0.407 e. The van der Waals surface area contributed by atoms with E-state index in [1.54, 1.807) is 6.92 Å². The fourth-order valence-corrected chi connectivity index (χ4v) is 0.762. The lowest BCUT2D eigenvalue weighted by Gasteiger charge is -2.15. The van der Waals surface area contributed by atoms with Crippen LogP contribution in [0.3, 0.4) is 0 Å². The van der Waals surface area contributed by atoms with Crippen molar-refractivity contribution >= 4 is 6.21 Å². The zero-order chi connectivity index (χ0) is 8.48. The number of rotatable bonds is 1. The van der Waals surface area contributed by atoms with Crippen molar-refractivity contribution in [3.05, 3.63) is 6.54 Å². The zero-order valence-corrected chi connectivity index (χ0v) is 5.89. The lowest BCUT2D eigenvalue weighted by molar-refractivity contribution is -0.142. The highest BCUT2D eigenvalue weighted by Crippen LogP contribution is 2.21. The molecule has 0 aromatic heterocycles. The number of hydrogen-bond donors (Lipinski definition) is 0. The van der Waals surface area contributed by atoms with E-state index in [1.807, 2.05) is 0 Å². The van der Waals surface area contributed by atoms with Gasteiger partial charge in [-0.25, -0.2) is 0 Å². The van der Waals surface area contributed by atoms with Crippen LogP contribution in [-0.2, 0) is 0 Å². The van der Waals surface area contributed by atoms with Gasteiger partial charge in [-0.2, -0.15) is 18.3 Å². The Labute approximate surface area is 62.7 Å². The molecule has 1 aliphatic heterocycles. The molecule has 0 aromatic carbocycles. The molecule has 1 heterocycles. The lowest BCUT2D eigenvalue weighted by Crippen LogP contribution is -2.27. The minimum atomic E-state index is -4.19. The van der Waals surface area contributed by atoms with E-state index in [9.17, 15) is 13.2 Å². The SMILES string of the molecule is CC1[C]=NN(CC(F)(F)F)[CH]1. The predicted octanol–water partition coefficient (Wildman–Crippen LogP) is 1.52. The summed E-state index contributed by atoms with van der Waals surface area (Å²) in [7, 11) is 0. The summed E-state index contributed by atoms with van der Waals surface area (Å²) in [6, 6.07) is 0. The highest BCUT2D eigenvalue weighted by atomic mass is 19.4. The van der Waals surface area contributed by atoms with E-state index >= 15 is 0 Å². The van der Waals surface area contributed by atoms with Crippen LogP contribution < -0.4 is 0 Å². The fraction of sp³-hybridized carbons (Fsp3) is 0.667. The third-order valence-corrected chi connectivity index (χ3v) is 1.13. The Bertz CT molecular complexity index is 164. The van der Waals surface area contributed by atoms with Crippen LogP contribution in [0, 0.1) is 12.5 Å². The van der Waals surface area contributed by atoms with Crippen molar-refractivity contribution < 1.29 is 13.2 Å². The van der Waals surface area contributed by atoms with Gasteiger partial charge in [0.05, 0.1) is 12.8 Å². The summed E-state index contributed by atoms with van der Waals surface area (Å²) in [5, 5.41) is 4.26. The van der Waals surface area contributed by atoms with Gasteiger partial charge in [0.1, 0.15) is 6.54 Å². The fourth-order valence-electron chi connectivity index (χ4n) is 0.762. The summed E-state index contributed by atoms with van der Waals surface area (Å²) in [6.45, 7) is 2.08. The minimum absolute atomic E-state index is 0.114. The van der Waals surface area contributed by atoms with Gasteiger partial charge in [-0.05, 0) is 0 Å². The molecule has 0 saturated carbocycles. The van der Waals surface area contributed by atoms with E-state index < -0.39 is 12.7 Å². The first-order valence-electron chi connectivity index (χ1n) is 3.12. The average Bonchev–Trinajstić information content (AvgIpc) is 2.10. The Morgan fingerprint density at radius 3 is 2.64 bits per heavy atom. The van der Waals surface area contributed by atoms with Gasteiger partial charge in [-0.15, -0.1) is 0 Å². The maximum Gasteiger partial charge on any atom is 0.407 e. The Balaban J connectivity index is 2.36. The maximum atomic E-state index is 11.7. The van der Waals surface area contributed by atoms with Crippen LogP contribution in [0.2, 0.25) is 0 Å². The van der Waals surface area contributed by atoms with Gasteiger partial charge in [-0.3, -0.25) is 5.01 Å². The molecule has 0 fully saturated rings. The highest BCUT2D eigenvalue weighted by Gasteiger charge is 2.32. The smallest absolute Gasteiger partial charge is 0.282 e. The minimum Gasteiger partial charge on any atom is -0.282 e. The molecular formula is C6H7F3N2. The summed E-state index contributed by atoms with van der Waals surface area (Å²) in [5.41, 5.74) is 0. The van der Waals surface area contributed by atoms with E-state index in [2.05, 4.69) is 11.3 Å². The average molecular weight is 164 g/mol. The Hall–Kier alpha value is -0.740. The molecule has 1 atom stereocenters. The van der Waals surface area contributed by atoms with Crippen molar-refractivity contribution in [3.8, 4) is 0 Å². The van der Waals surface area contributed by atoms with Crippen LogP contribution in [0.5, 0.6) is 0 Å². The normalized spacial score (nSPS) is 24.7. The first-order chi connectivity index (χ1) is 4.97. The van der Waals surface area contributed by atoms with E-state index in [-0.39, 0.29) is 5.92 Å². The van der Waals surface area contributed by atoms with Gasteiger partial charge >= 0.3 is 6.18 Å². The number of hydrazone groups is 1. The van der Waals surface area contributed by atoms with Crippen molar-refractivity contribution in [2.75, 3.05) is 6.54 Å². The first kappa shape index (κ1) is 8.36. The molecule has 0 bridgehead atoms.